The maximum Gasteiger partial charge on any atom is 0.137 e. The fraction of sp³-hybridized carbons (Fsp3) is 0.500. The predicted octanol–water partition coefficient (Wildman–Crippen LogP) is 1.87. The van der Waals surface area contributed by atoms with Gasteiger partial charge in [-0.25, -0.2) is 0 Å². The van der Waals surface area contributed by atoms with Gasteiger partial charge in [-0.1, -0.05) is 6.92 Å². The van der Waals surface area contributed by atoms with Gasteiger partial charge in [0.2, 0.25) is 0 Å². The highest BCUT2D eigenvalue weighted by Gasteiger charge is 1.96. The molecule has 1 rings (SSSR count). The molecule has 86 valence electrons. The summed E-state index contributed by atoms with van der Waals surface area (Å²) in [4.78, 5) is 4.26. The van der Waals surface area contributed by atoms with E-state index in [-0.39, 0.29) is 0 Å². The highest BCUT2D eigenvalue weighted by molar-refractivity contribution is 5.19. The van der Waals surface area contributed by atoms with Crippen LogP contribution in [0.25, 0.3) is 0 Å². The number of pyridine rings is 1. The molecular weight excluding hydrogens is 202 g/mol. The predicted molar refractivity (Wildman–Crippen MR) is 62.0 cm³/mol. The van der Waals surface area contributed by atoms with Gasteiger partial charge in [-0.3, -0.25) is 4.98 Å². The number of nitrogens with zero attached hydrogens (tertiary/aromatic N) is 2. The minimum absolute atomic E-state index is 0.534. The van der Waals surface area contributed by atoms with Crippen molar-refractivity contribution >= 4 is 0 Å². The third-order valence-electron chi connectivity index (χ3n) is 2.06. The number of unbranched alkanes of at least 4 members (excludes halogenated alkanes) is 1. The first-order valence-corrected chi connectivity index (χ1v) is 5.52. The van der Waals surface area contributed by atoms with Crippen molar-refractivity contribution in [2.75, 3.05) is 13.2 Å². The summed E-state index contributed by atoms with van der Waals surface area (Å²) in [7, 11) is 0. The summed E-state index contributed by atoms with van der Waals surface area (Å²) in [5, 5.41) is 11.6. The average Bonchev–Trinajstić information content (AvgIpc) is 2.33. The Bertz CT molecular complexity index is 329. The van der Waals surface area contributed by atoms with Gasteiger partial charge in [-0.2, -0.15) is 5.26 Å². The Morgan fingerprint density at radius 1 is 1.50 bits per heavy atom. The Kier molecular flexibility index (Phi) is 5.97. The topological polar surface area (TPSA) is 57.9 Å². The molecule has 1 heterocycles. The van der Waals surface area contributed by atoms with Gasteiger partial charge < -0.3 is 10.1 Å². The van der Waals surface area contributed by atoms with Gasteiger partial charge >= 0.3 is 0 Å². The molecule has 0 aromatic carbocycles. The molecule has 1 N–H and O–H groups in total. The van der Waals surface area contributed by atoms with E-state index in [1.165, 1.54) is 0 Å². The first-order valence-electron chi connectivity index (χ1n) is 5.52. The van der Waals surface area contributed by atoms with Crippen LogP contribution in [0.1, 0.15) is 25.5 Å². The van der Waals surface area contributed by atoms with Gasteiger partial charge in [0.1, 0.15) is 5.75 Å². The van der Waals surface area contributed by atoms with Crippen LogP contribution in [-0.4, -0.2) is 18.1 Å². The number of nitriles is 1. The van der Waals surface area contributed by atoms with Crippen molar-refractivity contribution in [3.63, 3.8) is 0 Å². The summed E-state index contributed by atoms with van der Waals surface area (Å²) in [6.07, 6.45) is 3.01. The second kappa shape index (κ2) is 7.66. The van der Waals surface area contributed by atoms with Crippen LogP contribution in [-0.2, 0) is 6.54 Å². The zero-order valence-corrected chi connectivity index (χ0v) is 9.57. The number of rotatable bonds is 7. The second-order valence-electron chi connectivity index (χ2n) is 3.38. The van der Waals surface area contributed by atoms with Gasteiger partial charge in [0.25, 0.3) is 0 Å². The van der Waals surface area contributed by atoms with E-state index in [0.717, 1.165) is 31.0 Å². The lowest BCUT2D eigenvalue weighted by Crippen LogP contribution is -2.12. The molecule has 0 aliphatic heterocycles. The van der Waals surface area contributed by atoms with Crippen molar-refractivity contribution in [1.29, 1.82) is 5.26 Å². The molecule has 4 nitrogen and oxygen atoms in total. The molecule has 0 spiro atoms. The molecule has 0 bridgehead atoms. The van der Waals surface area contributed by atoms with Crippen molar-refractivity contribution in [3.8, 4) is 11.8 Å². The third-order valence-corrected chi connectivity index (χ3v) is 2.06. The van der Waals surface area contributed by atoms with Gasteiger partial charge in [0.15, 0.2) is 0 Å². The Balaban J connectivity index is 2.31. The monoisotopic (exact) mass is 219 g/mol. The van der Waals surface area contributed by atoms with Crippen molar-refractivity contribution in [2.45, 2.75) is 26.3 Å². The van der Waals surface area contributed by atoms with E-state index in [1.54, 1.807) is 6.20 Å². The van der Waals surface area contributed by atoms with Crippen molar-refractivity contribution in [1.82, 2.24) is 10.3 Å². The lowest BCUT2D eigenvalue weighted by Gasteiger charge is -2.05. The van der Waals surface area contributed by atoms with Crippen molar-refractivity contribution in [2.24, 2.45) is 0 Å². The maximum atomic E-state index is 8.36. The molecule has 0 saturated heterocycles. The number of aromatic nitrogens is 1. The minimum Gasteiger partial charge on any atom is -0.492 e. The first kappa shape index (κ1) is 12.5. The molecule has 16 heavy (non-hydrogen) atoms. The highest BCUT2D eigenvalue weighted by Crippen LogP contribution is 2.09. The summed E-state index contributed by atoms with van der Waals surface area (Å²) >= 11 is 0. The van der Waals surface area contributed by atoms with E-state index >= 15 is 0 Å². The summed E-state index contributed by atoms with van der Waals surface area (Å²) in [6, 6.07) is 5.94. The summed E-state index contributed by atoms with van der Waals surface area (Å²) < 4.78 is 5.43. The van der Waals surface area contributed by atoms with Crippen molar-refractivity contribution in [3.05, 3.63) is 24.0 Å². The molecule has 1 aromatic heterocycles. The summed E-state index contributed by atoms with van der Waals surface area (Å²) in [5.41, 5.74) is 1.01. The largest absolute Gasteiger partial charge is 0.492 e. The molecule has 0 fully saturated rings. The van der Waals surface area contributed by atoms with Crippen LogP contribution in [0.3, 0.4) is 0 Å². The molecule has 0 unspecified atom stereocenters. The molecule has 0 atom stereocenters. The van der Waals surface area contributed by atoms with Gasteiger partial charge in [-0.15, -0.1) is 0 Å². The smallest absolute Gasteiger partial charge is 0.137 e. The zero-order valence-electron chi connectivity index (χ0n) is 9.57. The van der Waals surface area contributed by atoms with E-state index in [0.29, 0.717) is 13.0 Å². The van der Waals surface area contributed by atoms with E-state index < -0.39 is 0 Å². The normalized spacial score (nSPS) is 9.75. The maximum absolute atomic E-state index is 8.36. The van der Waals surface area contributed by atoms with Crippen LogP contribution in [0, 0.1) is 11.3 Å². The Morgan fingerprint density at radius 2 is 2.38 bits per heavy atom. The number of nitrogens with one attached hydrogen (secondary N) is 1. The van der Waals surface area contributed by atoms with Crippen LogP contribution in [0.5, 0.6) is 5.75 Å². The quantitative estimate of drug-likeness (QED) is 0.711. The number of ether oxygens (including phenoxy) is 1. The molecular formula is C12H17N3O. The Hall–Kier alpha value is -1.60. The molecule has 0 amide bonds. The SMILES string of the molecule is CCNCc1ccc(OCCCC#N)cn1. The van der Waals surface area contributed by atoms with E-state index in [4.69, 9.17) is 10.00 Å². The van der Waals surface area contributed by atoms with E-state index in [9.17, 15) is 0 Å². The van der Waals surface area contributed by atoms with E-state index in [2.05, 4.69) is 23.3 Å². The van der Waals surface area contributed by atoms with Crippen molar-refractivity contribution < 1.29 is 4.74 Å². The van der Waals surface area contributed by atoms with Crippen LogP contribution in [0.15, 0.2) is 18.3 Å². The van der Waals surface area contributed by atoms with Crippen LogP contribution in [0.2, 0.25) is 0 Å². The number of hydrogen-bond acceptors (Lipinski definition) is 4. The first-order chi connectivity index (χ1) is 7.86. The number of hydrogen-bond donors (Lipinski definition) is 1. The summed E-state index contributed by atoms with van der Waals surface area (Å²) in [6.45, 7) is 4.35. The van der Waals surface area contributed by atoms with Crippen LogP contribution >= 0.6 is 0 Å². The molecule has 0 saturated carbocycles. The average molecular weight is 219 g/mol. The summed E-state index contributed by atoms with van der Waals surface area (Å²) in [5.74, 6) is 0.762. The molecule has 0 radical (unpaired) electrons. The Labute approximate surface area is 96.3 Å². The lowest BCUT2D eigenvalue weighted by atomic mass is 10.3. The molecule has 4 heteroatoms. The van der Waals surface area contributed by atoms with Gasteiger partial charge in [0.05, 0.1) is 24.6 Å². The van der Waals surface area contributed by atoms with Crippen LogP contribution < -0.4 is 10.1 Å². The molecule has 0 aliphatic rings. The third kappa shape index (κ3) is 4.76. The Morgan fingerprint density at radius 3 is 3.00 bits per heavy atom. The lowest BCUT2D eigenvalue weighted by molar-refractivity contribution is 0.311. The van der Waals surface area contributed by atoms with E-state index in [1.807, 2.05) is 12.1 Å². The molecule has 1 aromatic rings. The second-order valence-corrected chi connectivity index (χ2v) is 3.38. The van der Waals surface area contributed by atoms with Gasteiger partial charge in [-0.05, 0) is 25.1 Å². The zero-order chi connectivity index (χ0) is 11.6. The van der Waals surface area contributed by atoms with Crippen LogP contribution in [0.4, 0.5) is 0 Å². The standard InChI is InChI=1S/C12H17N3O/c1-2-14-9-11-5-6-12(10-15-11)16-8-4-3-7-13/h5-6,10,14H,2-4,8-9H2,1H3. The minimum atomic E-state index is 0.534. The fourth-order valence-electron chi connectivity index (χ4n) is 1.20. The fourth-order valence-corrected chi connectivity index (χ4v) is 1.20. The van der Waals surface area contributed by atoms with Gasteiger partial charge in [0, 0.05) is 13.0 Å². The highest BCUT2D eigenvalue weighted by atomic mass is 16.5. The molecule has 0 aliphatic carbocycles.